The largest absolute Gasteiger partial charge is 0.468 e. The zero-order chi connectivity index (χ0) is 17.0. The first-order valence-electron chi connectivity index (χ1n) is 8.34. The van der Waals surface area contributed by atoms with E-state index in [9.17, 15) is 8.42 Å². The van der Waals surface area contributed by atoms with Crippen LogP contribution in [0.15, 0.2) is 47.1 Å². The highest BCUT2D eigenvalue weighted by Crippen LogP contribution is 2.25. The van der Waals surface area contributed by atoms with Gasteiger partial charge in [0.25, 0.3) is 0 Å². The molecule has 1 fully saturated rings. The summed E-state index contributed by atoms with van der Waals surface area (Å²) in [6.45, 7) is 4.25. The fourth-order valence-corrected chi connectivity index (χ4v) is 4.35. The molecule has 1 atom stereocenters. The van der Waals surface area contributed by atoms with Crippen molar-refractivity contribution in [3.05, 3.63) is 59.5 Å². The molecule has 1 aliphatic heterocycles. The molecule has 5 nitrogen and oxygen atoms in total. The first-order chi connectivity index (χ1) is 11.5. The summed E-state index contributed by atoms with van der Waals surface area (Å²) in [5.74, 6) is 0.815. The molecular weight excluding hydrogens is 324 g/mol. The van der Waals surface area contributed by atoms with Gasteiger partial charge in [0.1, 0.15) is 5.76 Å². The highest BCUT2D eigenvalue weighted by Gasteiger charge is 2.27. The van der Waals surface area contributed by atoms with Crippen LogP contribution in [0.25, 0.3) is 0 Å². The van der Waals surface area contributed by atoms with Crippen molar-refractivity contribution in [2.24, 2.45) is 0 Å². The van der Waals surface area contributed by atoms with Gasteiger partial charge in [0.05, 0.1) is 18.1 Å². The second-order valence-corrected chi connectivity index (χ2v) is 8.18. The van der Waals surface area contributed by atoms with Gasteiger partial charge in [-0.1, -0.05) is 29.8 Å². The summed E-state index contributed by atoms with van der Waals surface area (Å²) in [5, 5.41) is 0. The van der Waals surface area contributed by atoms with Gasteiger partial charge in [0.15, 0.2) is 0 Å². The van der Waals surface area contributed by atoms with Crippen LogP contribution in [0.3, 0.4) is 0 Å². The lowest BCUT2D eigenvalue weighted by Gasteiger charge is -2.26. The van der Waals surface area contributed by atoms with Crippen molar-refractivity contribution >= 4 is 10.0 Å². The van der Waals surface area contributed by atoms with Gasteiger partial charge in [-0.15, -0.1) is 0 Å². The van der Waals surface area contributed by atoms with E-state index in [0.717, 1.165) is 42.8 Å². The van der Waals surface area contributed by atoms with Gasteiger partial charge < -0.3 is 4.42 Å². The fraction of sp³-hybridized carbons (Fsp3) is 0.444. The summed E-state index contributed by atoms with van der Waals surface area (Å²) in [6, 6.07) is 11.3. The number of aryl methyl sites for hydroxylation is 1. The maximum Gasteiger partial charge on any atom is 0.215 e. The van der Waals surface area contributed by atoms with Crippen LogP contribution in [-0.4, -0.2) is 33.0 Å². The van der Waals surface area contributed by atoms with Gasteiger partial charge in [-0.2, -0.15) is 0 Å². The second-order valence-electron chi connectivity index (χ2n) is 6.37. The van der Waals surface area contributed by atoms with E-state index in [-0.39, 0.29) is 11.8 Å². The Morgan fingerprint density at radius 1 is 1.21 bits per heavy atom. The molecule has 1 N–H and O–H groups in total. The molecule has 1 unspecified atom stereocenters. The van der Waals surface area contributed by atoms with Gasteiger partial charge in [-0.25, -0.2) is 13.1 Å². The van der Waals surface area contributed by atoms with E-state index in [0.29, 0.717) is 6.54 Å². The predicted octanol–water partition coefficient (Wildman–Crippen LogP) is 2.84. The van der Waals surface area contributed by atoms with E-state index in [1.54, 1.807) is 6.26 Å². The molecule has 0 saturated carbocycles. The van der Waals surface area contributed by atoms with Crippen LogP contribution in [0.5, 0.6) is 0 Å². The second kappa shape index (κ2) is 7.51. The van der Waals surface area contributed by atoms with Crippen LogP contribution in [0, 0.1) is 6.92 Å². The molecule has 6 heteroatoms. The minimum atomic E-state index is -3.39. The Balaban J connectivity index is 1.67. The van der Waals surface area contributed by atoms with E-state index >= 15 is 0 Å². The normalized spacial score (nSPS) is 17.2. The zero-order valence-electron chi connectivity index (χ0n) is 13.9. The van der Waals surface area contributed by atoms with E-state index in [4.69, 9.17) is 4.42 Å². The Morgan fingerprint density at radius 2 is 2.00 bits per heavy atom. The standard InChI is InChI=1S/C18H24N2O3S/c1-15-6-4-7-16(12-15)14-24(21,22)19-13-17(18-8-5-11-23-18)20-9-2-3-10-20/h4-8,11-12,17,19H,2-3,9-10,13-14H2,1H3. The number of furan rings is 1. The van der Waals surface area contributed by atoms with Gasteiger partial charge in [-0.05, 0) is 50.6 Å². The van der Waals surface area contributed by atoms with Crippen LogP contribution in [-0.2, 0) is 15.8 Å². The highest BCUT2D eigenvalue weighted by atomic mass is 32.2. The van der Waals surface area contributed by atoms with Crippen LogP contribution in [0.2, 0.25) is 0 Å². The third kappa shape index (κ3) is 4.47. The van der Waals surface area contributed by atoms with Gasteiger partial charge in [-0.3, -0.25) is 4.90 Å². The van der Waals surface area contributed by atoms with Gasteiger partial charge in [0.2, 0.25) is 10.0 Å². The number of sulfonamides is 1. The first kappa shape index (κ1) is 17.2. The topological polar surface area (TPSA) is 62.6 Å². The molecule has 0 amide bonds. The Bertz CT molecular complexity index is 750. The van der Waals surface area contributed by atoms with Crippen LogP contribution >= 0.6 is 0 Å². The third-order valence-electron chi connectivity index (χ3n) is 4.39. The Hall–Kier alpha value is -1.63. The van der Waals surface area contributed by atoms with Crippen molar-refractivity contribution in [1.82, 2.24) is 9.62 Å². The Labute approximate surface area is 143 Å². The first-order valence-corrected chi connectivity index (χ1v) is 9.99. The Kier molecular flexibility index (Phi) is 5.38. The maximum absolute atomic E-state index is 12.4. The average Bonchev–Trinajstić information content (AvgIpc) is 3.20. The van der Waals surface area contributed by atoms with E-state index in [2.05, 4.69) is 9.62 Å². The van der Waals surface area contributed by atoms with E-state index in [1.807, 2.05) is 43.3 Å². The van der Waals surface area contributed by atoms with Crippen molar-refractivity contribution in [2.75, 3.05) is 19.6 Å². The number of benzene rings is 1. The van der Waals surface area contributed by atoms with Gasteiger partial charge in [0, 0.05) is 6.54 Å². The van der Waals surface area contributed by atoms with Crippen molar-refractivity contribution < 1.29 is 12.8 Å². The molecule has 1 aromatic carbocycles. The van der Waals surface area contributed by atoms with Crippen molar-refractivity contribution in [3.8, 4) is 0 Å². The van der Waals surface area contributed by atoms with Crippen molar-refractivity contribution in [1.29, 1.82) is 0 Å². The number of likely N-dealkylation sites (tertiary alicyclic amines) is 1. The van der Waals surface area contributed by atoms with Crippen molar-refractivity contribution in [3.63, 3.8) is 0 Å². The summed E-state index contributed by atoms with van der Waals surface area (Å²) in [7, 11) is -3.39. The number of hydrogen-bond donors (Lipinski definition) is 1. The summed E-state index contributed by atoms with van der Waals surface area (Å²) in [5.41, 5.74) is 1.87. The lowest BCUT2D eigenvalue weighted by molar-refractivity contribution is 0.216. The van der Waals surface area contributed by atoms with Crippen molar-refractivity contribution in [2.45, 2.75) is 31.6 Å². The van der Waals surface area contributed by atoms with Crippen LogP contribution in [0.4, 0.5) is 0 Å². The monoisotopic (exact) mass is 348 g/mol. The van der Waals surface area contributed by atoms with Crippen LogP contribution in [0.1, 0.15) is 35.8 Å². The highest BCUT2D eigenvalue weighted by molar-refractivity contribution is 7.88. The van der Waals surface area contributed by atoms with Gasteiger partial charge >= 0.3 is 0 Å². The molecule has 1 aromatic heterocycles. The molecule has 1 saturated heterocycles. The molecule has 2 aromatic rings. The number of nitrogens with zero attached hydrogens (tertiary/aromatic N) is 1. The zero-order valence-corrected chi connectivity index (χ0v) is 14.8. The molecular formula is C18H24N2O3S. The average molecular weight is 348 g/mol. The minimum Gasteiger partial charge on any atom is -0.468 e. The lowest BCUT2D eigenvalue weighted by atomic mass is 10.2. The molecule has 0 radical (unpaired) electrons. The predicted molar refractivity (Wildman–Crippen MR) is 94.1 cm³/mol. The summed E-state index contributed by atoms with van der Waals surface area (Å²) in [6.07, 6.45) is 3.93. The number of rotatable bonds is 7. The lowest BCUT2D eigenvalue weighted by Crippen LogP contribution is -2.37. The number of hydrogen-bond acceptors (Lipinski definition) is 4. The summed E-state index contributed by atoms with van der Waals surface area (Å²) in [4.78, 5) is 2.29. The molecule has 1 aliphatic rings. The SMILES string of the molecule is Cc1cccc(CS(=O)(=O)NCC(c2ccco2)N2CCCC2)c1. The third-order valence-corrected chi connectivity index (χ3v) is 5.71. The molecule has 24 heavy (non-hydrogen) atoms. The number of nitrogens with one attached hydrogen (secondary N) is 1. The minimum absolute atomic E-state index is 0.000442. The smallest absolute Gasteiger partial charge is 0.215 e. The Morgan fingerprint density at radius 3 is 2.67 bits per heavy atom. The molecule has 3 rings (SSSR count). The fourth-order valence-electron chi connectivity index (χ4n) is 3.22. The summed E-state index contributed by atoms with van der Waals surface area (Å²) < 4.78 is 33.2. The van der Waals surface area contributed by atoms with E-state index in [1.165, 1.54) is 0 Å². The molecule has 2 heterocycles. The quantitative estimate of drug-likeness (QED) is 0.836. The molecule has 0 spiro atoms. The summed E-state index contributed by atoms with van der Waals surface area (Å²) >= 11 is 0. The molecule has 0 bridgehead atoms. The molecule has 0 aliphatic carbocycles. The molecule has 130 valence electrons. The van der Waals surface area contributed by atoms with E-state index < -0.39 is 10.0 Å². The van der Waals surface area contributed by atoms with Crippen LogP contribution < -0.4 is 4.72 Å². The maximum atomic E-state index is 12.4.